The standard InChI is InChI=1S/C20H19ClN4S/c1-25(2)10-9-22-19-14-8-7-13(21)11-17(14)23-12-15(19)20-24-16-5-3-4-6-18(16)26-20/h3-8,11-12H,9-10H2,1-2H3,(H,22,23). The number of pyridine rings is 1. The zero-order valence-electron chi connectivity index (χ0n) is 14.7. The Kier molecular flexibility index (Phi) is 4.76. The molecule has 0 aliphatic heterocycles. The third-order valence-electron chi connectivity index (χ3n) is 4.22. The van der Waals surface area contributed by atoms with Crippen LogP contribution in [0.1, 0.15) is 0 Å². The monoisotopic (exact) mass is 382 g/mol. The van der Waals surface area contributed by atoms with Gasteiger partial charge in [-0.05, 0) is 44.4 Å². The Balaban J connectivity index is 1.85. The molecule has 0 atom stereocenters. The van der Waals surface area contributed by atoms with Crippen LogP contribution < -0.4 is 5.32 Å². The number of benzene rings is 2. The molecule has 0 unspecified atom stereocenters. The Morgan fingerprint density at radius 1 is 1.12 bits per heavy atom. The third-order valence-corrected chi connectivity index (χ3v) is 5.52. The van der Waals surface area contributed by atoms with Crippen molar-refractivity contribution in [3.05, 3.63) is 53.7 Å². The summed E-state index contributed by atoms with van der Waals surface area (Å²) < 4.78 is 1.18. The van der Waals surface area contributed by atoms with Gasteiger partial charge in [0.2, 0.25) is 0 Å². The van der Waals surface area contributed by atoms with E-state index in [9.17, 15) is 0 Å². The van der Waals surface area contributed by atoms with Crippen LogP contribution in [0, 0.1) is 0 Å². The minimum atomic E-state index is 0.692. The Bertz CT molecular complexity index is 1040. The molecule has 132 valence electrons. The van der Waals surface area contributed by atoms with Crippen molar-refractivity contribution in [3.63, 3.8) is 0 Å². The quantitative estimate of drug-likeness (QED) is 0.519. The van der Waals surface area contributed by atoms with E-state index in [0.717, 1.165) is 45.8 Å². The highest BCUT2D eigenvalue weighted by atomic mass is 35.5. The summed E-state index contributed by atoms with van der Waals surface area (Å²) in [4.78, 5) is 11.6. The number of hydrogen-bond acceptors (Lipinski definition) is 5. The first-order chi connectivity index (χ1) is 12.6. The predicted octanol–water partition coefficient (Wildman–Crippen LogP) is 5.14. The first-order valence-corrected chi connectivity index (χ1v) is 9.64. The van der Waals surface area contributed by atoms with Gasteiger partial charge in [0.25, 0.3) is 0 Å². The molecule has 0 saturated carbocycles. The lowest BCUT2D eigenvalue weighted by atomic mass is 10.1. The van der Waals surface area contributed by atoms with Gasteiger partial charge in [-0.1, -0.05) is 23.7 Å². The minimum Gasteiger partial charge on any atom is -0.383 e. The molecule has 26 heavy (non-hydrogen) atoms. The van der Waals surface area contributed by atoms with E-state index in [1.807, 2.05) is 42.6 Å². The SMILES string of the molecule is CN(C)CCNc1c(-c2nc3ccccc3s2)cnc2cc(Cl)ccc12. The second-order valence-electron chi connectivity index (χ2n) is 6.43. The van der Waals surface area contributed by atoms with Gasteiger partial charge in [-0.3, -0.25) is 4.98 Å². The van der Waals surface area contributed by atoms with E-state index in [1.54, 1.807) is 11.3 Å². The molecule has 0 bridgehead atoms. The highest BCUT2D eigenvalue weighted by molar-refractivity contribution is 7.21. The second kappa shape index (κ2) is 7.19. The summed E-state index contributed by atoms with van der Waals surface area (Å²) in [5.74, 6) is 0. The topological polar surface area (TPSA) is 41.0 Å². The molecule has 0 amide bonds. The summed E-state index contributed by atoms with van der Waals surface area (Å²) in [6.45, 7) is 1.78. The van der Waals surface area contributed by atoms with Crippen LogP contribution in [-0.4, -0.2) is 42.1 Å². The molecule has 2 aromatic heterocycles. The van der Waals surface area contributed by atoms with Crippen molar-refractivity contribution in [1.29, 1.82) is 0 Å². The van der Waals surface area contributed by atoms with Crippen LogP contribution in [0.2, 0.25) is 5.02 Å². The summed E-state index contributed by atoms with van der Waals surface area (Å²) in [7, 11) is 4.14. The summed E-state index contributed by atoms with van der Waals surface area (Å²) in [6, 6.07) is 14.0. The summed E-state index contributed by atoms with van der Waals surface area (Å²) in [6.07, 6.45) is 1.90. The lowest BCUT2D eigenvalue weighted by molar-refractivity contribution is 0.425. The zero-order chi connectivity index (χ0) is 18.1. The molecule has 2 aromatic carbocycles. The van der Waals surface area contributed by atoms with Gasteiger partial charge in [-0.15, -0.1) is 11.3 Å². The molecule has 0 saturated heterocycles. The lowest BCUT2D eigenvalue weighted by Crippen LogP contribution is -2.21. The number of fused-ring (bicyclic) bond motifs is 2. The van der Waals surface area contributed by atoms with Crippen molar-refractivity contribution < 1.29 is 0 Å². The van der Waals surface area contributed by atoms with Gasteiger partial charge < -0.3 is 10.2 Å². The van der Waals surface area contributed by atoms with Crippen LogP contribution in [0.5, 0.6) is 0 Å². The van der Waals surface area contributed by atoms with Crippen LogP contribution in [-0.2, 0) is 0 Å². The maximum Gasteiger partial charge on any atom is 0.128 e. The van der Waals surface area contributed by atoms with Gasteiger partial charge in [0, 0.05) is 29.7 Å². The number of nitrogens with zero attached hydrogens (tertiary/aromatic N) is 3. The Morgan fingerprint density at radius 3 is 2.77 bits per heavy atom. The van der Waals surface area contributed by atoms with Crippen molar-refractivity contribution in [2.24, 2.45) is 0 Å². The molecular formula is C20H19ClN4S. The zero-order valence-corrected chi connectivity index (χ0v) is 16.2. The third kappa shape index (κ3) is 3.38. The number of rotatable bonds is 5. The van der Waals surface area contributed by atoms with Crippen LogP contribution in [0.25, 0.3) is 31.7 Å². The number of anilines is 1. The maximum atomic E-state index is 6.15. The van der Waals surface area contributed by atoms with Gasteiger partial charge in [-0.25, -0.2) is 4.98 Å². The summed E-state index contributed by atoms with van der Waals surface area (Å²) in [5.41, 5.74) is 3.99. The van der Waals surface area contributed by atoms with E-state index >= 15 is 0 Å². The molecule has 6 heteroatoms. The Hall–Kier alpha value is -2.21. The summed E-state index contributed by atoms with van der Waals surface area (Å²) in [5, 5.41) is 6.32. The molecule has 0 spiro atoms. The van der Waals surface area contributed by atoms with Crippen LogP contribution >= 0.6 is 22.9 Å². The van der Waals surface area contributed by atoms with E-state index in [0.29, 0.717) is 5.02 Å². The number of nitrogens with one attached hydrogen (secondary N) is 1. The van der Waals surface area contributed by atoms with E-state index in [-0.39, 0.29) is 0 Å². The first-order valence-electron chi connectivity index (χ1n) is 8.44. The number of thiazole rings is 1. The number of para-hydroxylation sites is 1. The summed E-state index contributed by atoms with van der Waals surface area (Å²) >= 11 is 7.84. The van der Waals surface area contributed by atoms with Crippen LogP contribution in [0.4, 0.5) is 5.69 Å². The molecule has 0 fully saturated rings. The number of hydrogen-bond donors (Lipinski definition) is 1. The number of halogens is 1. The highest BCUT2D eigenvalue weighted by Crippen LogP contribution is 2.38. The molecule has 4 aromatic rings. The fourth-order valence-electron chi connectivity index (χ4n) is 2.91. The lowest BCUT2D eigenvalue weighted by Gasteiger charge is -2.16. The first kappa shape index (κ1) is 17.2. The van der Waals surface area contributed by atoms with E-state index in [2.05, 4.69) is 35.4 Å². The highest BCUT2D eigenvalue weighted by Gasteiger charge is 2.15. The average Bonchev–Trinajstić information content (AvgIpc) is 3.05. The molecule has 0 aliphatic carbocycles. The van der Waals surface area contributed by atoms with Gasteiger partial charge in [0.15, 0.2) is 0 Å². The van der Waals surface area contributed by atoms with Crippen molar-refractivity contribution in [3.8, 4) is 10.6 Å². The molecular weight excluding hydrogens is 364 g/mol. The maximum absolute atomic E-state index is 6.15. The number of aromatic nitrogens is 2. The Morgan fingerprint density at radius 2 is 1.96 bits per heavy atom. The van der Waals surface area contributed by atoms with Crippen LogP contribution in [0.15, 0.2) is 48.7 Å². The minimum absolute atomic E-state index is 0.692. The van der Waals surface area contributed by atoms with Crippen LogP contribution in [0.3, 0.4) is 0 Å². The number of likely N-dealkylation sites (N-methyl/N-ethyl adjacent to an activating group) is 1. The average molecular weight is 383 g/mol. The van der Waals surface area contributed by atoms with Gasteiger partial charge in [-0.2, -0.15) is 0 Å². The van der Waals surface area contributed by atoms with Crippen molar-refractivity contribution in [2.75, 3.05) is 32.5 Å². The fraction of sp³-hybridized carbons (Fsp3) is 0.200. The van der Waals surface area contributed by atoms with Gasteiger partial charge >= 0.3 is 0 Å². The van der Waals surface area contributed by atoms with Crippen molar-refractivity contribution in [2.45, 2.75) is 0 Å². The smallest absolute Gasteiger partial charge is 0.128 e. The normalized spacial score (nSPS) is 11.5. The van der Waals surface area contributed by atoms with Crippen molar-refractivity contribution in [1.82, 2.24) is 14.9 Å². The molecule has 2 heterocycles. The molecule has 0 aliphatic rings. The molecule has 4 nitrogen and oxygen atoms in total. The Labute approximate surface area is 161 Å². The molecule has 1 N–H and O–H groups in total. The van der Waals surface area contributed by atoms with E-state index in [1.165, 1.54) is 4.70 Å². The van der Waals surface area contributed by atoms with Gasteiger partial charge in [0.05, 0.1) is 27.0 Å². The second-order valence-corrected chi connectivity index (χ2v) is 7.89. The largest absolute Gasteiger partial charge is 0.383 e. The molecule has 0 radical (unpaired) electrons. The van der Waals surface area contributed by atoms with Gasteiger partial charge in [0.1, 0.15) is 5.01 Å². The molecule has 4 rings (SSSR count). The fourth-order valence-corrected chi connectivity index (χ4v) is 4.06. The predicted molar refractivity (Wildman–Crippen MR) is 112 cm³/mol. The van der Waals surface area contributed by atoms with Crippen molar-refractivity contribution >= 4 is 49.7 Å². The van der Waals surface area contributed by atoms with E-state index < -0.39 is 0 Å². The van der Waals surface area contributed by atoms with E-state index in [4.69, 9.17) is 16.6 Å².